The Morgan fingerprint density at radius 2 is 0.571 bits per heavy atom. The molecule has 0 unspecified atom stereocenters. The fourth-order valence-electron chi connectivity index (χ4n) is 11.0. The second-order valence-corrected chi connectivity index (χ2v) is 16.8. The molecule has 0 heterocycles. The Morgan fingerprint density at radius 1 is 0.222 bits per heavy atom. The van der Waals surface area contributed by atoms with Crippen LogP contribution >= 0.6 is 0 Å². The second kappa shape index (κ2) is 14.9. The van der Waals surface area contributed by atoms with Crippen LogP contribution in [0.15, 0.2) is 261 Å². The summed E-state index contributed by atoms with van der Waals surface area (Å²) < 4.78 is 0. The summed E-state index contributed by atoms with van der Waals surface area (Å²) in [7, 11) is 0. The molecule has 0 saturated heterocycles. The third kappa shape index (κ3) is 5.56. The monoisotopic (exact) mass is 801 g/mol. The number of para-hydroxylation sites is 1. The molecule has 2 aliphatic carbocycles. The summed E-state index contributed by atoms with van der Waals surface area (Å²) in [6, 6.07) is 96.3. The number of benzene rings is 10. The van der Waals surface area contributed by atoms with E-state index in [2.05, 4.69) is 266 Å². The van der Waals surface area contributed by atoms with Crippen molar-refractivity contribution in [2.75, 3.05) is 4.90 Å². The largest absolute Gasteiger partial charge is 0.311 e. The highest BCUT2D eigenvalue weighted by molar-refractivity contribution is 5.92. The molecule has 0 radical (unpaired) electrons. The maximum Gasteiger partial charge on any atom is 0.0720 e. The molecule has 1 nitrogen and oxygen atoms in total. The first-order valence-corrected chi connectivity index (χ1v) is 21.9. The first-order valence-electron chi connectivity index (χ1n) is 21.9. The van der Waals surface area contributed by atoms with Crippen LogP contribution in [-0.2, 0) is 10.8 Å². The lowest BCUT2D eigenvalue weighted by Gasteiger charge is -2.50. The highest BCUT2D eigenvalue weighted by atomic mass is 15.1. The van der Waals surface area contributed by atoms with Crippen LogP contribution in [0.2, 0.25) is 0 Å². The minimum absolute atomic E-state index is 0.513. The van der Waals surface area contributed by atoms with Gasteiger partial charge in [0.15, 0.2) is 0 Å². The Labute approximate surface area is 369 Å². The van der Waals surface area contributed by atoms with Crippen LogP contribution in [0.4, 0.5) is 17.1 Å². The predicted molar refractivity (Wildman–Crippen MR) is 261 cm³/mol. The van der Waals surface area contributed by atoms with Gasteiger partial charge in [-0.2, -0.15) is 0 Å². The molecule has 0 bridgehead atoms. The van der Waals surface area contributed by atoms with Crippen molar-refractivity contribution in [3.05, 3.63) is 305 Å². The van der Waals surface area contributed by atoms with Gasteiger partial charge < -0.3 is 4.90 Å². The minimum atomic E-state index is -0.516. The summed E-state index contributed by atoms with van der Waals surface area (Å²) in [5.41, 5.74) is 20.2. The third-order valence-electron chi connectivity index (χ3n) is 13.6. The van der Waals surface area contributed by atoms with Gasteiger partial charge in [-0.25, -0.2) is 0 Å². The van der Waals surface area contributed by atoms with Crippen molar-refractivity contribution in [3.63, 3.8) is 0 Å². The number of rotatable bonds is 7. The molecule has 0 aliphatic heterocycles. The average Bonchev–Trinajstić information content (AvgIpc) is 3.66. The van der Waals surface area contributed by atoms with E-state index in [0.717, 1.165) is 17.1 Å². The smallest absolute Gasteiger partial charge is 0.0720 e. The van der Waals surface area contributed by atoms with Gasteiger partial charge in [-0.3, -0.25) is 0 Å². The minimum Gasteiger partial charge on any atom is -0.311 e. The van der Waals surface area contributed by atoms with Gasteiger partial charge in [0.1, 0.15) is 0 Å². The van der Waals surface area contributed by atoms with E-state index in [9.17, 15) is 0 Å². The standard InChI is InChI=1S/C62H43N/c1-5-19-44(20-6-1)45-33-38-51(39-34-45)63(50-25-11-4-12-26-50)52-40-35-46(36-41-52)47-37-42-56-54(43-47)53-27-13-14-28-55(53)62(56)59-31-17-15-29-57(59)61(48-21-7-2-8-22-48,49-23-9-3-10-24-49)58-30-16-18-32-60(58)62/h1-43H. The number of anilines is 3. The average molecular weight is 802 g/mol. The Hall–Kier alpha value is -8.00. The van der Waals surface area contributed by atoms with E-state index in [1.807, 2.05) is 0 Å². The molecule has 1 heteroatoms. The van der Waals surface area contributed by atoms with Crippen LogP contribution in [0.5, 0.6) is 0 Å². The quantitative estimate of drug-likeness (QED) is 0.155. The van der Waals surface area contributed by atoms with E-state index in [4.69, 9.17) is 0 Å². The van der Waals surface area contributed by atoms with Crippen LogP contribution in [0.1, 0.15) is 44.5 Å². The van der Waals surface area contributed by atoms with E-state index in [-0.39, 0.29) is 0 Å². The van der Waals surface area contributed by atoms with Gasteiger partial charge in [0.2, 0.25) is 0 Å². The Bertz CT molecular complexity index is 3160. The van der Waals surface area contributed by atoms with E-state index in [0.29, 0.717) is 0 Å². The van der Waals surface area contributed by atoms with Crippen molar-refractivity contribution >= 4 is 17.1 Å². The van der Waals surface area contributed by atoms with Crippen LogP contribution in [-0.4, -0.2) is 0 Å². The van der Waals surface area contributed by atoms with Crippen molar-refractivity contribution in [1.82, 2.24) is 0 Å². The molecule has 10 aromatic carbocycles. The molecular weight excluding hydrogens is 759 g/mol. The van der Waals surface area contributed by atoms with Gasteiger partial charge in [0.05, 0.1) is 10.8 Å². The lowest BCUT2D eigenvalue weighted by molar-refractivity contribution is 0.623. The SMILES string of the molecule is c1ccc(-c2ccc(N(c3ccccc3)c3ccc(-c4ccc5c(c4)-c4ccccc4C54c5ccccc5C(c5ccccc5)(c5ccccc5)c5ccccc54)cc3)cc2)cc1. The molecular formula is C62H43N. The molecule has 12 rings (SSSR count). The van der Waals surface area contributed by atoms with Crippen molar-refractivity contribution in [1.29, 1.82) is 0 Å². The summed E-state index contributed by atoms with van der Waals surface area (Å²) in [5, 5.41) is 0. The van der Waals surface area contributed by atoms with Crippen molar-refractivity contribution in [2.24, 2.45) is 0 Å². The summed E-state index contributed by atoms with van der Waals surface area (Å²) in [4.78, 5) is 2.34. The zero-order valence-corrected chi connectivity index (χ0v) is 34.8. The van der Waals surface area contributed by atoms with Gasteiger partial charge in [0, 0.05) is 17.1 Å². The topological polar surface area (TPSA) is 3.24 Å². The number of hydrogen-bond donors (Lipinski definition) is 0. The Kier molecular flexibility index (Phi) is 8.69. The molecule has 10 aromatic rings. The fraction of sp³-hybridized carbons (Fsp3) is 0.0323. The first kappa shape index (κ1) is 36.8. The molecule has 2 aliphatic rings. The highest BCUT2D eigenvalue weighted by Gasteiger charge is 2.56. The summed E-state index contributed by atoms with van der Waals surface area (Å²) in [6.45, 7) is 0. The number of fused-ring (bicyclic) bond motifs is 9. The van der Waals surface area contributed by atoms with Crippen LogP contribution in [0, 0.1) is 0 Å². The van der Waals surface area contributed by atoms with E-state index < -0.39 is 10.8 Å². The predicted octanol–water partition coefficient (Wildman–Crippen LogP) is 15.5. The Balaban J connectivity index is 1.00. The third-order valence-corrected chi connectivity index (χ3v) is 13.6. The summed E-state index contributed by atoms with van der Waals surface area (Å²) >= 11 is 0. The lowest BCUT2D eigenvalue weighted by Crippen LogP contribution is -2.44. The van der Waals surface area contributed by atoms with E-state index in [1.54, 1.807) is 0 Å². The van der Waals surface area contributed by atoms with Gasteiger partial charge in [-0.15, -0.1) is 0 Å². The van der Waals surface area contributed by atoms with Gasteiger partial charge in [-0.1, -0.05) is 218 Å². The molecule has 0 amide bonds. The summed E-state index contributed by atoms with van der Waals surface area (Å²) in [5.74, 6) is 0. The van der Waals surface area contributed by atoms with Crippen LogP contribution in [0.3, 0.4) is 0 Å². The van der Waals surface area contributed by atoms with Crippen molar-refractivity contribution < 1.29 is 0 Å². The van der Waals surface area contributed by atoms with Gasteiger partial charge in [0.25, 0.3) is 0 Å². The van der Waals surface area contributed by atoms with Crippen molar-refractivity contribution in [3.8, 4) is 33.4 Å². The number of hydrogen-bond acceptors (Lipinski definition) is 1. The normalized spacial score (nSPS) is 13.7. The van der Waals surface area contributed by atoms with E-state index in [1.165, 1.54) is 77.9 Å². The molecule has 0 aromatic heterocycles. The molecule has 63 heavy (non-hydrogen) atoms. The maximum absolute atomic E-state index is 2.44. The number of nitrogens with zero attached hydrogens (tertiary/aromatic N) is 1. The molecule has 0 saturated carbocycles. The fourth-order valence-corrected chi connectivity index (χ4v) is 11.0. The van der Waals surface area contributed by atoms with Gasteiger partial charge >= 0.3 is 0 Å². The van der Waals surface area contributed by atoms with Crippen LogP contribution < -0.4 is 4.90 Å². The summed E-state index contributed by atoms with van der Waals surface area (Å²) in [6.07, 6.45) is 0. The molecule has 0 N–H and O–H groups in total. The molecule has 0 fully saturated rings. The second-order valence-electron chi connectivity index (χ2n) is 16.8. The lowest BCUT2D eigenvalue weighted by atomic mass is 9.51. The van der Waals surface area contributed by atoms with Gasteiger partial charge in [-0.05, 0) is 120 Å². The van der Waals surface area contributed by atoms with Crippen LogP contribution in [0.25, 0.3) is 33.4 Å². The Morgan fingerprint density at radius 3 is 1.10 bits per heavy atom. The molecule has 296 valence electrons. The first-order chi connectivity index (χ1) is 31.3. The molecule has 0 atom stereocenters. The highest BCUT2D eigenvalue weighted by Crippen LogP contribution is 2.64. The molecule has 1 spiro atoms. The van der Waals surface area contributed by atoms with Crippen molar-refractivity contribution in [2.45, 2.75) is 10.8 Å². The zero-order chi connectivity index (χ0) is 41.8. The van der Waals surface area contributed by atoms with E-state index >= 15 is 0 Å². The zero-order valence-electron chi connectivity index (χ0n) is 34.8. The maximum atomic E-state index is 2.44.